The SMILES string of the molecule is CC1CCC(C)N(S(=O)(=O)c2cc(CN)c(Cl)cc2Cl)C1. The Labute approximate surface area is 136 Å². The van der Waals surface area contributed by atoms with Gasteiger partial charge in [-0.25, -0.2) is 8.42 Å². The minimum absolute atomic E-state index is 0.0285. The summed E-state index contributed by atoms with van der Waals surface area (Å²) in [6.07, 6.45) is 1.89. The number of halogens is 2. The number of hydrogen-bond acceptors (Lipinski definition) is 3. The summed E-state index contributed by atoms with van der Waals surface area (Å²) in [5.74, 6) is 0.344. The summed E-state index contributed by atoms with van der Waals surface area (Å²) in [6.45, 7) is 4.67. The highest BCUT2D eigenvalue weighted by Crippen LogP contribution is 2.34. The summed E-state index contributed by atoms with van der Waals surface area (Å²) in [5, 5.41) is 0.532. The maximum absolute atomic E-state index is 12.9. The number of nitrogens with two attached hydrogens (primary N) is 1. The lowest BCUT2D eigenvalue weighted by Gasteiger charge is -2.35. The van der Waals surface area contributed by atoms with Crippen molar-refractivity contribution < 1.29 is 8.42 Å². The Bertz CT molecular complexity index is 634. The second-order valence-corrected chi connectivity index (χ2v) is 8.36. The van der Waals surface area contributed by atoms with Gasteiger partial charge in [-0.1, -0.05) is 30.1 Å². The maximum Gasteiger partial charge on any atom is 0.244 e. The van der Waals surface area contributed by atoms with Gasteiger partial charge in [0.25, 0.3) is 0 Å². The van der Waals surface area contributed by atoms with E-state index < -0.39 is 10.0 Å². The molecular weight excluding hydrogens is 331 g/mol. The molecule has 4 nitrogen and oxygen atoms in total. The third-order valence-corrected chi connectivity index (χ3v) is 6.76. The molecule has 7 heteroatoms. The Morgan fingerprint density at radius 1 is 1.24 bits per heavy atom. The van der Waals surface area contributed by atoms with E-state index in [4.69, 9.17) is 28.9 Å². The van der Waals surface area contributed by atoms with E-state index in [0.717, 1.165) is 12.8 Å². The molecule has 1 aliphatic heterocycles. The Hall–Kier alpha value is -0.330. The van der Waals surface area contributed by atoms with E-state index in [0.29, 0.717) is 23.0 Å². The van der Waals surface area contributed by atoms with Crippen molar-refractivity contribution in [3.05, 3.63) is 27.7 Å². The quantitative estimate of drug-likeness (QED) is 0.909. The molecule has 2 rings (SSSR count). The molecule has 0 radical (unpaired) electrons. The van der Waals surface area contributed by atoms with Crippen LogP contribution in [0.1, 0.15) is 32.3 Å². The fourth-order valence-electron chi connectivity index (χ4n) is 2.63. The summed E-state index contributed by atoms with van der Waals surface area (Å²) >= 11 is 12.1. The van der Waals surface area contributed by atoms with Gasteiger partial charge in [0.1, 0.15) is 4.90 Å². The highest BCUT2D eigenvalue weighted by molar-refractivity contribution is 7.89. The van der Waals surface area contributed by atoms with Crippen LogP contribution in [-0.4, -0.2) is 25.3 Å². The largest absolute Gasteiger partial charge is 0.326 e. The molecule has 1 aromatic carbocycles. The highest BCUT2D eigenvalue weighted by atomic mass is 35.5. The van der Waals surface area contributed by atoms with Gasteiger partial charge < -0.3 is 5.73 Å². The van der Waals surface area contributed by atoms with Crippen LogP contribution >= 0.6 is 23.2 Å². The van der Waals surface area contributed by atoms with Gasteiger partial charge in [-0.05, 0) is 43.4 Å². The van der Waals surface area contributed by atoms with Gasteiger partial charge >= 0.3 is 0 Å². The van der Waals surface area contributed by atoms with E-state index in [9.17, 15) is 8.42 Å². The number of hydrogen-bond donors (Lipinski definition) is 1. The fourth-order valence-corrected chi connectivity index (χ4v) is 5.27. The van der Waals surface area contributed by atoms with Crippen LogP contribution in [0.5, 0.6) is 0 Å². The molecule has 2 unspecified atom stereocenters. The lowest BCUT2D eigenvalue weighted by atomic mass is 9.97. The van der Waals surface area contributed by atoms with Crippen LogP contribution in [0.25, 0.3) is 0 Å². The van der Waals surface area contributed by atoms with E-state index in [-0.39, 0.29) is 22.5 Å². The summed E-state index contributed by atoms with van der Waals surface area (Å²) < 4.78 is 27.3. The van der Waals surface area contributed by atoms with Crippen LogP contribution in [0.15, 0.2) is 17.0 Å². The van der Waals surface area contributed by atoms with E-state index in [1.165, 1.54) is 16.4 Å². The van der Waals surface area contributed by atoms with Crippen molar-refractivity contribution in [2.45, 2.75) is 44.2 Å². The molecule has 1 saturated heterocycles. The van der Waals surface area contributed by atoms with Gasteiger partial charge in [-0.2, -0.15) is 4.31 Å². The Kier molecular flexibility index (Phi) is 5.21. The molecule has 0 aromatic heterocycles. The van der Waals surface area contributed by atoms with Crippen molar-refractivity contribution in [1.29, 1.82) is 0 Å². The molecule has 1 heterocycles. The minimum atomic E-state index is -3.64. The standard InChI is InChI=1S/C14H20Cl2N2O2S/c1-9-3-4-10(2)18(8-9)21(19,20)14-5-11(7-17)12(15)6-13(14)16/h5-6,9-10H,3-4,7-8,17H2,1-2H3. The van der Waals surface area contributed by atoms with Crippen LogP contribution in [0.4, 0.5) is 0 Å². The van der Waals surface area contributed by atoms with Gasteiger partial charge in [0.15, 0.2) is 0 Å². The molecule has 0 saturated carbocycles. The smallest absolute Gasteiger partial charge is 0.244 e. The molecule has 1 aliphatic rings. The Morgan fingerprint density at radius 3 is 2.52 bits per heavy atom. The van der Waals surface area contributed by atoms with Gasteiger partial charge in [0, 0.05) is 24.2 Å². The third-order valence-electron chi connectivity index (χ3n) is 3.97. The fraction of sp³-hybridized carbons (Fsp3) is 0.571. The van der Waals surface area contributed by atoms with Crippen molar-refractivity contribution in [2.75, 3.05) is 6.54 Å². The average molecular weight is 351 g/mol. The zero-order chi connectivity index (χ0) is 15.8. The lowest BCUT2D eigenvalue weighted by molar-refractivity contribution is 0.218. The first-order chi connectivity index (χ1) is 9.77. The monoisotopic (exact) mass is 350 g/mol. The predicted octanol–water partition coefficient (Wildman–Crippen LogP) is 3.26. The van der Waals surface area contributed by atoms with Crippen LogP contribution in [0.3, 0.4) is 0 Å². The summed E-state index contributed by atoms with van der Waals surface area (Å²) in [7, 11) is -3.64. The summed E-state index contributed by atoms with van der Waals surface area (Å²) in [6, 6.07) is 2.92. The van der Waals surface area contributed by atoms with Gasteiger partial charge in [-0.15, -0.1) is 0 Å². The molecule has 21 heavy (non-hydrogen) atoms. The zero-order valence-corrected chi connectivity index (χ0v) is 14.5. The Morgan fingerprint density at radius 2 is 1.90 bits per heavy atom. The number of sulfonamides is 1. The van der Waals surface area contributed by atoms with Crippen molar-refractivity contribution in [3.8, 4) is 0 Å². The molecule has 118 valence electrons. The van der Waals surface area contributed by atoms with Crippen LogP contribution in [0.2, 0.25) is 10.0 Å². The molecule has 1 aromatic rings. The van der Waals surface area contributed by atoms with Crippen LogP contribution in [-0.2, 0) is 16.6 Å². The second kappa shape index (κ2) is 6.42. The lowest BCUT2D eigenvalue weighted by Crippen LogP contribution is -2.44. The third kappa shape index (κ3) is 3.37. The van der Waals surface area contributed by atoms with Crippen LogP contribution < -0.4 is 5.73 Å². The maximum atomic E-state index is 12.9. The first-order valence-corrected chi connectivity index (χ1v) is 9.16. The summed E-state index contributed by atoms with van der Waals surface area (Å²) in [5.41, 5.74) is 6.19. The molecule has 1 fully saturated rings. The zero-order valence-electron chi connectivity index (χ0n) is 12.1. The number of nitrogens with zero attached hydrogens (tertiary/aromatic N) is 1. The Balaban J connectivity index is 2.48. The number of piperidine rings is 1. The first-order valence-electron chi connectivity index (χ1n) is 6.97. The van der Waals surface area contributed by atoms with Gasteiger partial charge in [0.05, 0.1) is 5.02 Å². The molecule has 0 bridgehead atoms. The van der Waals surface area contributed by atoms with Crippen molar-refractivity contribution in [3.63, 3.8) is 0 Å². The van der Waals surface area contributed by atoms with E-state index in [1.807, 2.05) is 6.92 Å². The van der Waals surface area contributed by atoms with E-state index in [1.54, 1.807) is 0 Å². The molecule has 0 aliphatic carbocycles. The predicted molar refractivity (Wildman–Crippen MR) is 86.1 cm³/mol. The van der Waals surface area contributed by atoms with E-state index >= 15 is 0 Å². The number of benzene rings is 1. The minimum Gasteiger partial charge on any atom is -0.326 e. The molecular formula is C14H20Cl2N2O2S. The second-order valence-electron chi connectivity index (χ2n) is 5.68. The topological polar surface area (TPSA) is 63.4 Å². The van der Waals surface area contributed by atoms with Crippen molar-refractivity contribution in [1.82, 2.24) is 4.31 Å². The molecule has 0 amide bonds. The molecule has 2 atom stereocenters. The highest BCUT2D eigenvalue weighted by Gasteiger charge is 2.35. The van der Waals surface area contributed by atoms with Gasteiger partial charge in [-0.3, -0.25) is 0 Å². The van der Waals surface area contributed by atoms with Crippen LogP contribution in [0, 0.1) is 5.92 Å². The first kappa shape index (κ1) is 17.0. The number of rotatable bonds is 3. The van der Waals surface area contributed by atoms with Crippen molar-refractivity contribution >= 4 is 33.2 Å². The normalized spacial score (nSPS) is 24.2. The van der Waals surface area contributed by atoms with Gasteiger partial charge in [0.2, 0.25) is 10.0 Å². The van der Waals surface area contributed by atoms with Crippen molar-refractivity contribution in [2.24, 2.45) is 11.7 Å². The molecule has 2 N–H and O–H groups in total. The average Bonchev–Trinajstić information content (AvgIpc) is 2.41. The summed E-state index contributed by atoms with van der Waals surface area (Å²) in [4.78, 5) is 0.0926. The molecule has 0 spiro atoms. The van der Waals surface area contributed by atoms with E-state index in [2.05, 4.69) is 6.92 Å².